The summed E-state index contributed by atoms with van der Waals surface area (Å²) in [6.45, 7) is 4.35. The molecule has 0 saturated heterocycles. The third-order valence-corrected chi connectivity index (χ3v) is 2.70. The quantitative estimate of drug-likeness (QED) is 0.678. The smallest absolute Gasteiger partial charge is 0.0998 e. The Morgan fingerprint density at radius 3 is 2.27 bits per heavy atom. The number of hydrogen-bond acceptors (Lipinski definition) is 1. The average molecular weight is 195 g/mol. The molecule has 1 heteroatoms. The first-order valence-electron chi connectivity index (χ1n) is 5.16. The maximum absolute atomic E-state index is 9.02. The third-order valence-electron chi connectivity index (χ3n) is 2.70. The van der Waals surface area contributed by atoms with Crippen molar-refractivity contribution in [3.05, 3.63) is 47.5 Å². The van der Waals surface area contributed by atoms with Crippen LogP contribution in [0, 0.1) is 11.3 Å². The Labute approximate surface area is 90.0 Å². The Kier molecular flexibility index (Phi) is 2.43. The molecule has 0 N–H and O–H groups in total. The molecule has 0 aliphatic carbocycles. The van der Waals surface area contributed by atoms with E-state index in [4.69, 9.17) is 5.26 Å². The molecule has 0 aliphatic rings. The van der Waals surface area contributed by atoms with E-state index in [1.54, 1.807) is 0 Å². The lowest BCUT2D eigenvalue weighted by atomic mass is 9.94. The lowest BCUT2D eigenvalue weighted by Crippen LogP contribution is -1.91. The van der Waals surface area contributed by atoms with Gasteiger partial charge >= 0.3 is 0 Å². The molecule has 0 atom stereocenters. The van der Waals surface area contributed by atoms with Crippen LogP contribution in [0.15, 0.2) is 36.4 Å². The summed E-state index contributed by atoms with van der Waals surface area (Å²) in [4.78, 5) is 0. The number of rotatable bonds is 1. The molecule has 2 rings (SSSR count). The molecule has 0 amide bonds. The van der Waals surface area contributed by atoms with Gasteiger partial charge in [0.2, 0.25) is 0 Å². The highest BCUT2D eigenvalue weighted by Crippen LogP contribution is 2.27. The van der Waals surface area contributed by atoms with Crippen LogP contribution < -0.4 is 0 Å². The molecule has 0 radical (unpaired) electrons. The molecule has 0 fully saturated rings. The minimum Gasteiger partial charge on any atom is -0.192 e. The van der Waals surface area contributed by atoms with E-state index in [1.807, 2.05) is 24.3 Å². The molecule has 2 aromatic carbocycles. The number of benzene rings is 2. The molecular formula is C14H13N. The van der Waals surface area contributed by atoms with E-state index in [-0.39, 0.29) is 0 Å². The number of nitriles is 1. The second-order valence-electron chi connectivity index (χ2n) is 4.01. The van der Waals surface area contributed by atoms with Crippen molar-refractivity contribution in [2.75, 3.05) is 0 Å². The fourth-order valence-electron chi connectivity index (χ4n) is 1.92. The molecule has 0 unspecified atom stereocenters. The van der Waals surface area contributed by atoms with Gasteiger partial charge in [-0.25, -0.2) is 0 Å². The van der Waals surface area contributed by atoms with Crippen LogP contribution in [0.4, 0.5) is 0 Å². The molecule has 0 bridgehead atoms. The highest BCUT2D eigenvalue weighted by molar-refractivity contribution is 5.90. The van der Waals surface area contributed by atoms with Gasteiger partial charge in [0.05, 0.1) is 11.6 Å². The summed E-state index contributed by atoms with van der Waals surface area (Å²) in [7, 11) is 0. The lowest BCUT2D eigenvalue weighted by molar-refractivity contribution is 0.876. The first-order chi connectivity index (χ1) is 7.24. The van der Waals surface area contributed by atoms with Gasteiger partial charge in [-0.1, -0.05) is 44.2 Å². The van der Waals surface area contributed by atoms with Crippen LogP contribution in [-0.4, -0.2) is 0 Å². The molecule has 74 valence electrons. The maximum atomic E-state index is 9.02. The largest absolute Gasteiger partial charge is 0.192 e. The Balaban J connectivity index is 2.85. The Morgan fingerprint density at radius 1 is 1.00 bits per heavy atom. The van der Waals surface area contributed by atoms with Crippen LogP contribution in [-0.2, 0) is 0 Å². The first kappa shape index (κ1) is 9.73. The van der Waals surface area contributed by atoms with Crippen molar-refractivity contribution in [2.45, 2.75) is 19.8 Å². The van der Waals surface area contributed by atoms with Crippen LogP contribution in [0.1, 0.15) is 30.9 Å². The van der Waals surface area contributed by atoms with Crippen LogP contribution in [0.3, 0.4) is 0 Å². The van der Waals surface area contributed by atoms with E-state index in [0.717, 1.165) is 10.9 Å². The van der Waals surface area contributed by atoms with Crippen LogP contribution in [0.5, 0.6) is 0 Å². The van der Waals surface area contributed by atoms with Crippen molar-refractivity contribution in [3.63, 3.8) is 0 Å². The minimum atomic E-state index is 0.489. The maximum Gasteiger partial charge on any atom is 0.0998 e. The molecule has 0 aliphatic heterocycles. The number of hydrogen-bond donors (Lipinski definition) is 0. The molecule has 0 spiro atoms. The summed E-state index contributed by atoms with van der Waals surface area (Å²) in [5, 5.41) is 11.3. The molecule has 15 heavy (non-hydrogen) atoms. The minimum absolute atomic E-state index is 0.489. The monoisotopic (exact) mass is 195 g/mol. The van der Waals surface area contributed by atoms with Gasteiger partial charge in [0.15, 0.2) is 0 Å². The zero-order valence-electron chi connectivity index (χ0n) is 8.99. The third kappa shape index (κ3) is 1.59. The second-order valence-corrected chi connectivity index (χ2v) is 4.01. The average Bonchev–Trinajstić information content (AvgIpc) is 2.27. The SMILES string of the molecule is CC(C)c1ccc(C#N)c2ccccc12. The van der Waals surface area contributed by atoms with Gasteiger partial charge in [-0.05, 0) is 28.3 Å². The molecular weight excluding hydrogens is 182 g/mol. The molecule has 0 aromatic heterocycles. The van der Waals surface area contributed by atoms with Crippen molar-refractivity contribution in [3.8, 4) is 6.07 Å². The van der Waals surface area contributed by atoms with Gasteiger partial charge in [0.25, 0.3) is 0 Å². The fraction of sp³-hybridized carbons (Fsp3) is 0.214. The predicted octanol–water partition coefficient (Wildman–Crippen LogP) is 3.83. The summed E-state index contributed by atoms with van der Waals surface area (Å²) in [6, 6.07) is 14.3. The van der Waals surface area contributed by atoms with Crippen LogP contribution in [0.2, 0.25) is 0 Å². The first-order valence-corrected chi connectivity index (χ1v) is 5.16. The van der Waals surface area contributed by atoms with Gasteiger partial charge in [-0.2, -0.15) is 5.26 Å². The highest BCUT2D eigenvalue weighted by Gasteiger charge is 2.07. The number of nitrogens with zero attached hydrogens (tertiary/aromatic N) is 1. The van der Waals surface area contributed by atoms with E-state index in [2.05, 4.69) is 32.0 Å². The molecule has 1 nitrogen and oxygen atoms in total. The fourth-order valence-corrected chi connectivity index (χ4v) is 1.92. The topological polar surface area (TPSA) is 23.8 Å². The van der Waals surface area contributed by atoms with Crippen molar-refractivity contribution >= 4 is 10.8 Å². The van der Waals surface area contributed by atoms with Gasteiger partial charge in [0, 0.05) is 0 Å². The van der Waals surface area contributed by atoms with Crippen molar-refractivity contribution in [1.29, 1.82) is 5.26 Å². The Hall–Kier alpha value is -1.81. The van der Waals surface area contributed by atoms with Gasteiger partial charge < -0.3 is 0 Å². The second kappa shape index (κ2) is 3.74. The van der Waals surface area contributed by atoms with E-state index in [1.165, 1.54) is 10.9 Å². The molecule has 2 aromatic rings. The Morgan fingerprint density at radius 2 is 1.67 bits per heavy atom. The molecule has 0 saturated carbocycles. The summed E-state index contributed by atoms with van der Waals surface area (Å²) in [5.41, 5.74) is 2.07. The predicted molar refractivity (Wildman–Crippen MR) is 62.8 cm³/mol. The van der Waals surface area contributed by atoms with Gasteiger partial charge in [-0.15, -0.1) is 0 Å². The van der Waals surface area contributed by atoms with Crippen molar-refractivity contribution in [2.24, 2.45) is 0 Å². The van der Waals surface area contributed by atoms with Crippen LogP contribution >= 0.6 is 0 Å². The summed E-state index contributed by atoms with van der Waals surface area (Å²) >= 11 is 0. The summed E-state index contributed by atoms with van der Waals surface area (Å²) < 4.78 is 0. The number of fused-ring (bicyclic) bond motifs is 1. The van der Waals surface area contributed by atoms with Crippen molar-refractivity contribution < 1.29 is 0 Å². The van der Waals surface area contributed by atoms with E-state index in [9.17, 15) is 0 Å². The summed E-state index contributed by atoms with van der Waals surface area (Å²) in [6.07, 6.45) is 0. The van der Waals surface area contributed by atoms with E-state index >= 15 is 0 Å². The van der Waals surface area contributed by atoms with E-state index in [0.29, 0.717) is 5.92 Å². The highest BCUT2D eigenvalue weighted by atomic mass is 14.2. The summed E-state index contributed by atoms with van der Waals surface area (Å²) in [5.74, 6) is 0.489. The zero-order chi connectivity index (χ0) is 10.8. The van der Waals surface area contributed by atoms with Crippen molar-refractivity contribution in [1.82, 2.24) is 0 Å². The van der Waals surface area contributed by atoms with E-state index < -0.39 is 0 Å². The molecule has 0 heterocycles. The van der Waals surface area contributed by atoms with Gasteiger partial charge in [0.1, 0.15) is 0 Å². The van der Waals surface area contributed by atoms with Crippen LogP contribution in [0.25, 0.3) is 10.8 Å². The lowest BCUT2D eigenvalue weighted by Gasteiger charge is -2.10. The standard InChI is InChI=1S/C14H13N/c1-10(2)12-8-7-11(9-15)13-5-3-4-6-14(12)13/h3-8,10H,1-2H3. The normalized spacial score (nSPS) is 10.5. The zero-order valence-corrected chi connectivity index (χ0v) is 8.99. The Bertz CT molecular complexity index is 533. The van der Waals surface area contributed by atoms with Gasteiger partial charge in [-0.3, -0.25) is 0 Å².